The van der Waals surface area contributed by atoms with E-state index in [9.17, 15) is 13.2 Å². The smallest absolute Gasteiger partial charge is 0.321 e. The van der Waals surface area contributed by atoms with Crippen molar-refractivity contribution in [3.05, 3.63) is 0 Å². The van der Waals surface area contributed by atoms with Gasteiger partial charge in [0.05, 0.1) is 5.75 Å². The van der Waals surface area contributed by atoms with E-state index in [-0.39, 0.29) is 11.7 Å². The molecule has 16 heavy (non-hydrogen) atoms. The van der Waals surface area contributed by atoms with Crippen LogP contribution in [0.5, 0.6) is 0 Å². The zero-order valence-electron chi connectivity index (χ0n) is 9.64. The SMILES string of the molecule is CC(C)[C@H](NS(=O)(=O)CCC1CC1)C(=O)O. The molecule has 1 saturated carbocycles. The Morgan fingerprint density at radius 3 is 2.38 bits per heavy atom. The zero-order valence-corrected chi connectivity index (χ0v) is 10.5. The molecule has 0 bridgehead atoms. The van der Waals surface area contributed by atoms with E-state index in [1.807, 2.05) is 0 Å². The Morgan fingerprint density at radius 1 is 1.44 bits per heavy atom. The van der Waals surface area contributed by atoms with Crippen LogP contribution in [0.15, 0.2) is 0 Å². The van der Waals surface area contributed by atoms with Gasteiger partial charge in [0.15, 0.2) is 0 Å². The average molecular weight is 249 g/mol. The van der Waals surface area contributed by atoms with Crippen LogP contribution in [0, 0.1) is 11.8 Å². The fourth-order valence-electron chi connectivity index (χ4n) is 1.45. The molecule has 1 rings (SSSR count). The van der Waals surface area contributed by atoms with Crippen LogP contribution >= 0.6 is 0 Å². The molecule has 2 N–H and O–H groups in total. The molecule has 6 heteroatoms. The summed E-state index contributed by atoms with van der Waals surface area (Å²) in [6, 6.07) is -1.02. The fourth-order valence-corrected chi connectivity index (χ4v) is 2.97. The second-order valence-electron chi connectivity index (χ2n) is 4.73. The molecule has 1 fully saturated rings. The lowest BCUT2D eigenvalue weighted by Gasteiger charge is -2.17. The van der Waals surface area contributed by atoms with Crippen molar-refractivity contribution in [1.82, 2.24) is 4.72 Å². The summed E-state index contributed by atoms with van der Waals surface area (Å²) in [4.78, 5) is 10.8. The van der Waals surface area contributed by atoms with Crippen LogP contribution in [0.25, 0.3) is 0 Å². The first-order valence-electron chi connectivity index (χ1n) is 5.54. The lowest BCUT2D eigenvalue weighted by atomic mass is 10.1. The summed E-state index contributed by atoms with van der Waals surface area (Å²) in [5.41, 5.74) is 0. The summed E-state index contributed by atoms with van der Waals surface area (Å²) in [7, 11) is -3.46. The van der Waals surface area contributed by atoms with Crippen molar-refractivity contribution in [3.63, 3.8) is 0 Å². The van der Waals surface area contributed by atoms with Crippen LogP contribution < -0.4 is 4.72 Å². The molecule has 0 aliphatic heterocycles. The maximum absolute atomic E-state index is 11.6. The number of hydrogen-bond acceptors (Lipinski definition) is 3. The van der Waals surface area contributed by atoms with E-state index in [2.05, 4.69) is 4.72 Å². The molecule has 1 atom stereocenters. The maximum Gasteiger partial charge on any atom is 0.321 e. The van der Waals surface area contributed by atoms with Gasteiger partial charge in [-0.05, 0) is 18.3 Å². The highest BCUT2D eigenvalue weighted by atomic mass is 32.2. The second kappa shape index (κ2) is 5.14. The van der Waals surface area contributed by atoms with E-state index in [0.29, 0.717) is 12.3 Å². The molecule has 0 aromatic rings. The van der Waals surface area contributed by atoms with Crippen LogP contribution in [0.2, 0.25) is 0 Å². The largest absolute Gasteiger partial charge is 0.480 e. The van der Waals surface area contributed by atoms with E-state index in [1.165, 1.54) is 0 Å². The lowest BCUT2D eigenvalue weighted by molar-refractivity contribution is -0.140. The Hall–Kier alpha value is -0.620. The molecule has 0 unspecified atom stereocenters. The first-order chi connectivity index (χ1) is 7.32. The monoisotopic (exact) mass is 249 g/mol. The standard InChI is InChI=1S/C10H19NO4S/c1-7(2)9(10(12)13)11-16(14,15)6-5-8-3-4-8/h7-9,11H,3-6H2,1-2H3,(H,12,13)/t9-/m0/s1. The van der Waals surface area contributed by atoms with E-state index in [1.54, 1.807) is 13.8 Å². The molecular weight excluding hydrogens is 230 g/mol. The summed E-state index contributed by atoms with van der Waals surface area (Å²) in [6.45, 7) is 3.37. The first kappa shape index (κ1) is 13.4. The number of sulfonamides is 1. The molecule has 5 nitrogen and oxygen atoms in total. The minimum atomic E-state index is -3.46. The molecule has 0 aromatic carbocycles. The first-order valence-corrected chi connectivity index (χ1v) is 7.20. The minimum Gasteiger partial charge on any atom is -0.480 e. The molecule has 0 amide bonds. The summed E-state index contributed by atoms with van der Waals surface area (Å²) in [5, 5.41) is 8.87. The van der Waals surface area contributed by atoms with Gasteiger partial charge in [-0.25, -0.2) is 13.1 Å². The Bertz CT molecular complexity index is 346. The van der Waals surface area contributed by atoms with Gasteiger partial charge in [-0.1, -0.05) is 26.7 Å². The van der Waals surface area contributed by atoms with Crippen LogP contribution in [0.1, 0.15) is 33.1 Å². The molecule has 0 saturated heterocycles. The minimum absolute atomic E-state index is 0.0359. The number of hydrogen-bond donors (Lipinski definition) is 2. The zero-order chi connectivity index (χ0) is 12.3. The van der Waals surface area contributed by atoms with E-state index in [0.717, 1.165) is 12.8 Å². The molecule has 1 aliphatic rings. The highest BCUT2D eigenvalue weighted by Crippen LogP contribution is 2.32. The van der Waals surface area contributed by atoms with E-state index in [4.69, 9.17) is 5.11 Å². The summed E-state index contributed by atoms with van der Waals surface area (Å²) in [5.74, 6) is -0.814. The van der Waals surface area contributed by atoms with Gasteiger partial charge in [0, 0.05) is 0 Å². The van der Waals surface area contributed by atoms with Crippen LogP contribution in [0.3, 0.4) is 0 Å². The van der Waals surface area contributed by atoms with Gasteiger partial charge < -0.3 is 5.11 Å². The Kier molecular flexibility index (Phi) is 4.32. The Labute approximate surface area is 96.3 Å². The van der Waals surface area contributed by atoms with Crippen molar-refractivity contribution in [3.8, 4) is 0 Å². The molecule has 0 aromatic heterocycles. The number of carboxylic acids is 1. The van der Waals surface area contributed by atoms with Crippen molar-refractivity contribution < 1.29 is 18.3 Å². The number of nitrogens with one attached hydrogen (secondary N) is 1. The van der Waals surface area contributed by atoms with E-state index < -0.39 is 22.0 Å². The van der Waals surface area contributed by atoms with Gasteiger partial charge >= 0.3 is 5.97 Å². The van der Waals surface area contributed by atoms with Crippen molar-refractivity contribution in [2.75, 3.05) is 5.75 Å². The molecule has 0 heterocycles. The lowest BCUT2D eigenvalue weighted by Crippen LogP contribution is -2.45. The predicted octanol–water partition coefficient (Wildman–Crippen LogP) is 0.815. The van der Waals surface area contributed by atoms with Crippen LogP contribution in [-0.4, -0.2) is 31.3 Å². The number of carbonyl (C=O) groups is 1. The molecule has 1 aliphatic carbocycles. The maximum atomic E-state index is 11.6. The van der Waals surface area contributed by atoms with Gasteiger partial charge in [-0.2, -0.15) is 0 Å². The number of rotatable bonds is 7. The highest BCUT2D eigenvalue weighted by Gasteiger charge is 2.29. The summed E-state index contributed by atoms with van der Waals surface area (Å²) < 4.78 is 25.5. The van der Waals surface area contributed by atoms with Gasteiger partial charge in [0.1, 0.15) is 6.04 Å². The van der Waals surface area contributed by atoms with Gasteiger partial charge in [0.2, 0.25) is 10.0 Å². The van der Waals surface area contributed by atoms with Crippen molar-refractivity contribution in [1.29, 1.82) is 0 Å². The van der Waals surface area contributed by atoms with Crippen LogP contribution in [-0.2, 0) is 14.8 Å². The van der Waals surface area contributed by atoms with Gasteiger partial charge in [-0.15, -0.1) is 0 Å². The third-order valence-electron chi connectivity index (χ3n) is 2.73. The molecule has 94 valence electrons. The van der Waals surface area contributed by atoms with Crippen molar-refractivity contribution >= 4 is 16.0 Å². The number of carboxylic acid groups (broad SMARTS) is 1. The third kappa shape index (κ3) is 4.49. The predicted molar refractivity (Wildman–Crippen MR) is 60.5 cm³/mol. The van der Waals surface area contributed by atoms with Crippen LogP contribution in [0.4, 0.5) is 0 Å². The quantitative estimate of drug-likeness (QED) is 0.699. The van der Waals surface area contributed by atoms with Gasteiger partial charge in [-0.3, -0.25) is 4.79 Å². The average Bonchev–Trinajstić information content (AvgIpc) is 2.94. The molecular formula is C10H19NO4S. The topological polar surface area (TPSA) is 83.5 Å². The third-order valence-corrected chi connectivity index (χ3v) is 4.12. The summed E-state index contributed by atoms with van der Waals surface area (Å²) >= 11 is 0. The Morgan fingerprint density at radius 2 is 2.00 bits per heavy atom. The molecule has 0 radical (unpaired) electrons. The van der Waals surface area contributed by atoms with Crippen molar-refractivity contribution in [2.24, 2.45) is 11.8 Å². The van der Waals surface area contributed by atoms with Gasteiger partial charge in [0.25, 0.3) is 0 Å². The highest BCUT2D eigenvalue weighted by molar-refractivity contribution is 7.89. The number of aliphatic carboxylic acids is 1. The fraction of sp³-hybridized carbons (Fsp3) is 0.900. The Balaban J connectivity index is 2.50. The normalized spacial score (nSPS) is 18.7. The van der Waals surface area contributed by atoms with E-state index >= 15 is 0 Å². The molecule has 0 spiro atoms. The second-order valence-corrected chi connectivity index (χ2v) is 6.60. The van der Waals surface area contributed by atoms with Crippen molar-refractivity contribution in [2.45, 2.75) is 39.2 Å². The summed E-state index contributed by atoms with van der Waals surface area (Å²) in [6.07, 6.45) is 2.84.